The van der Waals surface area contributed by atoms with Gasteiger partial charge in [0.2, 0.25) is 0 Å². The van der Waals surface area contributed by atoms with Gasteiger partial charge in [0.1, 0.15) is 0 Å². The average molecular weight is 269 g/mol. The molecule has 96 valence electrons. The normalized spacial score (nSPS) is 12.7. The van der Waals surface area contributed by atoms with Gasteiger partial charge in [-0.3, -0.25) is 4.98 Å². The molecule has 1 atom stereocenters. The summed E-state index contributed by atoms with van der Waals surface area (Å²) in [6.07, 6.45) is 1.82. The second-order valence-corrected chi connectivity index (χ2v) is 5.37. The lowest BCUT2D eigenvalue weighted by Gasteiger charge is -2.16. The van der Waals surface area contributed by atoms with Crippen molar-refractivity contribution in [1.29, 1.82) is 0 Å². The van der Waals surface area contributed by atoms with E-state index in [0.29, 0.717) is 0 Å². The van der Waals surface area contributed by atoms with Crippen molar-refractivity contribution in [1.82, 2.24) is 15.3 Å². The Morgan fingerprint density at radius 2 is 2.11 bits per heavy atom. The Hall–Kier alpha value is -1.78. The maximum Gasteiger partial charge on any atom is 0.0798 e. The molecule has 4 heteroatoms. The molecule has 0 bridgehead atoms. The largest absolute Gasteiger partial charge is 0.309 e. The van der Waals surface area contributed by atoms with E-state index >= 15 is 0 Å². The van der Waals surface area contributed by atoms with Crippen LogP contribution in [0.2, 0.25) is 0 Å². The highest BCUT2D eigenvalue weighted by Crippen LogP contribution is 2.29. The average Bonchev–Trinajstić information content (AvgIpc) is 2.86. The third kappa shape index (κ3) is 2.25. The van der Waals surface area contributed by atoms with Gasteiger partial charge in [0.25, 0.3) is 0 Å². The first kappa shape index (κ1) is 12.3. The monoisotopic (exact) mass is 269 g/mol. The Morgan fingerprint density at radius 1 is 1.21 bits per heavy atom. The van der Waals surface area contributed by atoms with Gasteiger partial charge in [-0.25, -0.2) is 4.98 Å². The van der Waals surface area contributed by atoms with Crippen molar-refractivity contribution in [2.45, 2.75) is 13.0 Å². The van der Waals surface area contributed by atoms with Crippen LogP contribution in [0.5, 0.6) is 0 Å². The quantitative estimate of drug-likeness (QED) is 0.792. The molecule has 0 radical (unpaired) electrons. The lowest BCUT2D eigenvalue weighted by atomic mass is 10.0. The number of pyridine rings is 1. The first-order valence-corrected chi connectivity index (χ1v) is 7.09. The van der Waals surface area contributed by atoms with E-state index in [1.165, 1.54) is 15.8 Å². The van der Waals surface area contributed by atoms with Crippen LogP contribution in [0.4, 0.5) is 0 Å². The molecule has 0 saturated carbocycles. The number of rotatable bonds is 3. The highest BCUT2D eigenvalue weighted by Gasteiger charge is 2.16. The molecular weight excluding hydrogens is 254 g/mol. The van der Waals surface area contributed by atoms with Crippen LogP contribution in [0.15, 0.2) is 42.0 Å². The highest BCUT2D eigenvalue weighted by atomic mass is 32.1. The number of nitrogens with zero attached hydrogens (tertiary/aromatic N) is 2. The molecule has 1 N–H and O–H groups in total. The van der Waals surface area contributed by atoms with Crippen molar-refractivity contribution in [3.8, 4) is 0 Å². The van der Waals surface area contributed by atoms with Crippen LogP contribution in [0, 0.1) is 6.92 Å². The number of aryl methyl sites for hydroxylation is 1. The standard InChI is InChI=1S/C15H15N3S/c1-10-15(19-9-18-10)14(16-2)12-5-6-13-11(8-12)4-3-7-17-13/h3-9,14,16H,1-2H3. The summed E-state index contributed by atoms with van der Waals surface area (Å²) in [7, 11) is 1.98. The van der Waals surface area contributed by atoms with Crippen LogP contribution < -0.4 is 5.32 Å². The number of hydrogen-bond acceptors (Lipinski definition) is 4. The minimum Gasteiger partial charge on any atom is -0.309 e. The van der Waals surface area contributed by atoms with Crippen molar-refractivity contribution < 1.29 is 0 Å². The molecule has 0 aliphatic carbocycles. The van der Waals surface area contributed by atoms with Crippen molar-refractivity contribution in [2.24, 2.45) is 0 Å². The van der Waals surface area contributed by atoms with Crippen LogP contribution in [0.1, 0.15) is 22.2 Å². The molecule has 19 heavy (non-hydrogen) atoms. The first-order chi connectivity index (χ1) is 9.29. The second-order valence-electron chi connectivity index (χ2n) is 4.48. The van der Waals surface area contributed by atoms with Crippen molar-refractivity contribution in [3.05, 3.63) is 58.2 Å². The lowest BCUT2D eigenvalue weighted by Crippen LogP contribution is -2.17. The lowest BCUT2D eigenvalue weighted by molar-refractivity contribution is 0.698. The Kier molecular flexibility index (Phi) is 3.27. The van der Waals surface area contributed by atoms with E-state index in [-0.39, 0.29) is 6.04 Å². The van der Waals surface area contributed by atoms with Gasteiger partial charge in [0.05, 0.1) is 22.8 Å². The molecule has 0 saturated heterocycles. The Bertz CT molecular complexity index is 705. The number of fused-ring (bicyclic) bond motifs is 1. The summed E-state index contributed by atoms with van der Waals surface area (Å²) in [6, 6.07) is 10.7. The summed E-state index contributed by atoms with van der Waals surface area (Å²) in [5, 5.41) is 4.55. The van der Waals surface area contributed by atoms with E-state index in [1.54, 1.807) is 11.3 Å². The van der Waals surface area contributed by atoms with Crippen LogP contribution in [-0.4, -0.2) is 17.0 Å². The first-order valence-electron chi connectivity index (χ1n) is 6.21. The number of hydrogen-bond donors (Lipinski definition) is 1. The molecule has 3 aromatic rings. The zero-order valence-electron chi connectivity index (χ0n) is 10.9. The SMILES string of the molecule is CNC(c1ccc2ncccc2c1)c1scnc1C. The fraction of sp³-hybridized carbons (Fsp3) is 0.200. The smallest absolute Gasteiger partial charge is 0.0798 e. The molecule has 0 aliphatic heterocycles. The van der Waals surface area contributed by atoms with Crippen LogP contribution in [0.25, 0.3) is 10.9 Å². The van der Waals surface area contributed by atoms with E-state index in [9.17, 15) is 0 Å². The number of nitrogens with one attached hydrogen (secondary N) is 1. The van der Waals surface area contributed by atoms with Gasteiger partial charge >= 0.3 is 0 Å². The predicted octanol–water partition coefficient (Wildman–Crippen LogP) is 3.31. The van der Waals surface area contributed by atoms with Crippen LogP contribution in [-0.2, 0) is 0 Å². The van der Waals surface area contributed by atoms with Gasteiger partial charge in [-0.05, 0) is 37.7 Å². The summed E-state index contributed by atoms with van der Waals surface area (Å²) in [6.45, 7) is 2.05. The third-order valence-electron chi connectivity index (χ3n) is 3.29. The summed E-state index contributed by atoms with van der Waals surface area (Å²) < 4.78 is 0. The predicted molar refractivity (Wildman–Crippen MR) is 79.5 cm³/mol. The van der Waals surface area contributed by atoms with E-state index in [4.69, 9.17) is 0 Å². The maximum atomic E-state index is 4.36. The minimum absolute atomic E-state index is 0.192. The molecule has 3 nitrogen and oxygen atoms in total. The maximum absolute atomic E-state index is 4.36. The zero-order chi connectivity index (χ0) is 13.2. The molecule has 0 amide bonds. The zero-order valence-corrected chi connectivity index (χ0v) is 11.7. The fourth-order valence-corrected chi connectivity index (χ4v) is 3.25. The summed E-state index contributed by atoms with van der Waals surface area (Å²) >= 11 is 1.69. The molecule has 0 spiro atoms. The van der Waals surface area contributed by atoms with Gasteiger partial charge in [0.15, 0.2) is 0 Å². The van der Waals surface area contributed by atoms with Crippen LogP contribution >= 0.6 is 11.3 Å². The number of benzene rings is 1. The number of thiazole rings is 1. The van der Waals surface area contributed by atoms with Gasteiger partial charge in [0, 0.05) is 16.5 Å². The molecular formula is C15H15N3S. The summed E-state index contributed by atoms with van der Waals surface area (Å²) in [5.74, 6) is 0. The Balaban J connectivity index is 2.09. The van der Waals surface area contributed by atoms with Crippen molar-refractivity contribution in [3.63, 3.8) is 0 Å². The third-order valence-corrected chi connectivity index (χ3v) is 4.29. The van der Waals surface area contributed by atoms with Crippen molar-refractivity contribution >= 4 is 22.2 Å². The minimum atomic E-state index is 0.192. The van der Waals surface area contributed by atoms with E-state index in [0.717, 1.165) is 11.2 Å². The molecule has 0 aliphatic rings. The molecule has 2 aromatic heterocycles. The topological polar surface area (TPSA) is 37.8 Å². The fourth-order valence-electron chi connectivity index (χ4n) is 2.31. The molecule has 1 aromatic carbocycles. The van der Waals surface area contributed by atoms with Gasteiger partial charge < -0.3 is 5.32 Å². The van der Waals surface area contributed by atoms with E-state index < -0.39 is 0 Å². The highest BCUT2D eigenvalue weighted by molar-refractivity contribution is 7.09. The Morgan fingerprint density at radius 3 is 2.84 bits per heavy atom. The Labute approximate surface area is 116 Å². The van der Waals surface area contributed by atoms with E-state index in [1.807, 2.05) is 24.8 Å². The molecule has 3 rings (SSSR count). The number of aromatic nitrogens is 2. The van der Waals surface area contributed by atoms with Crippen LogP contribution in [0.3, 0.4) is 0 Å². The van der Waals surface area contributed by atoms with E-state index in [2.05, 4.69) is 46.5 Å². The van der Waals surface area contributed by atoms with Gasteiger partial charge in [-0.1, -0.05) is 12.1 Å². The molecule has 1 unspecified atom stereocenters. The molecule has 2 heterocycles. The molecule has 0 fully saturated rings. The van der Waals surface area contributed by atoms with Crippen molar-refractivity contribution in [2.75, 3.05) is 7.05 Å². The summed E-state index contributed by atoms with van der Waals surface area (Å²) in [4.78, 5) is 9.97. The van der Waals surface area contributed by atoms with Gasteiger partial charge in [-0.2, -0.15) is 0 Å². The van der Waals surface area contributed by atoms with Gasteiger partial charge in [-0.15, -0.1) is 11.3 Å². The summed E-state index contributed by atoms with van der Waals surface area (Å²) in [5.41, 5.74) is 5.27. The second kappa shape index (κ2) is 5.07.